The first-order valence-corrected chi connectivity index (χ1v) is 11.8. The van der Waals surface area contributed by atoms with E-state index in [2.05, 4.69) is 5.32 Å². The Balaban J connectivity index is 1.94. The normalized spacial score (nSPS) is 12.3. The number of halogens is 2. The van der Waals surface area contributed by atoms with Gasteiger partial charge in [0.2, 0.25) is 5.91 Å². The molecule has 3 aromatic carbocycles. The standard InChI is InChI=1S/C23H22Cl2N2O3S/c1-16-8-10-22(11-9-16)31(29,30)27(21-13-19(24)12-20(25)14-21)15-23(28)26-17(2)18-6-4-3-5-7-18/h3-14,17H,15H2,1-2H3,(H,26,28)/t17-/m1/s1. The molecule has 0 radical (unpaired) electrons. The molecule has 1 atom stereocenters. The summed E-state index contributed by atoms with van der Waals surface area (Å²) in [5.74, 6) is -0.455. The van der Waals surface area contributed by atoms with E-state index in [1.807, 2.05) is 44.2 Å². The lowest BCUT2D eigenvalue weighted by Crippen LogP contribution is -2.41. The Morgan fingerprint density at radius 3 is 2.13 bits per heavy atom. The second kappa shape index (κ2) is 9.73. The Kier molecular flexibility index (Phi) is 7.26. The SMILES string of the molecule is Cc1ccc(S(=O)(=O)N(CC(=O)N[C@H](C)c2ccccc2)c2cc(Cl)cc(Cl)c2)cc1. The molecule has 0 saturated heterocycles. The van der Waals surface area contributed by atoms with Crippen LogP contribution in [0.15, 0.2) is 77.7 Å². The van der Waals surface area contributed by atoms with Crippen molar-refractivity contribution in [1.29, 1.82) is 0 Å². The van der Waals surface area contributed by atoms with Gasteiger partial charge in [-0.25, -0.2) is 8.42 Å². The monoisotopic (exact) mass is 476 g/mol. The lowest BCUT2D eigenvalue weighted by Gasteiger charge is -2.25. The zero-order chi connectivity index (χ0) is 22.6. The number of nitrogens with zero attached hydrogens (tertiary/aromatic N) is 1. The minimum atomic E-state index is -4.04. The molecule has 0 fully saturated rings. The fraction of sp³-hybridized carbons (Fsp3) is 0.174. The van der Waals surface area contributed by atoms with Crippen molar-refractivity contribution in [2.75, 3.05) is 10.8 Å². The number of amides is 1. The van der Waals surface area contributed by atoms with Crippen molar-refractivity contribution >= 4 is 44.8 Å². The van der Waals surface area contributed by atoms with Crippen LogP contribution in [0.25, 0.3) is 0 Å². The average Bonchev–Trinajstić information content (AvgIpc) is 2.72. The maximum Gasteiger partial charge on any atom is 0.264 e. The number of hydrogen-bond acceptors (Lipinski definition) is 3. The summed E-state index contributed by atoms with van der Waals surface area (Å²) in [6.45, 7) is 3.27. The van der Waals surface area contributed by atoms with Crippen LogP contribution in [0.3, 0.4) is 0 Å². The minimum absolute atomic E-state index is 0.0677. The van der Waals surface area contributed by atoms with Crippen molar-refractivity contribution in [1.82, 2.24) is 5.32 Å². The first kappa shape index (κ1) is 23.1. The van der Waals surface area contributed by atoms with E-state index in [1.165, 1.54) is 30.3 Å². The third-order valence-electron chi connectivity index (χ3n) is 4.71. The summed E-state index contributed by atoms with van der Waals surface area (Å²) < 4.78 is 27.9. The van der Waals surface area contributed by atoms with Crippen molar-refractivity contribution in [2.24, 2.45) is 0 Å². The van der Waals surface area contributed by atoms with Gasteiger partial charge >= 0.3 is 0 Å². The van der Waals surface area contributed by atoms with Gasteiger partial charge < -0.3 is 5.32 Å². The van der Waals surface area contributed by atoms with E-state index in [-0.39, 0.29) is 26.7 Å². The summed E-state index contributed by atoms with van der Waals surface area (Å²) in [5, 5.41) is 3.38. The Labute approximate surface area is 192 Å². The van der Waals surface area contributed by atoms with E-state index < -0.39 is 22.5 Å². The highest BCUT2D eigenvalue weighted by molar-refractivity contribution is 7.92. The van der Waals surface area contributed by atoms with E-state index in [4.69, 9.17) is 23.2 Å². The Morgan fingerprint density at radius 1 is 0.968 bits per heavy atom. The van der Waals surface area contributed by atoms with Gasteiger partial charge in [0.25, 0.3) is 10.0 Å². The predicted octanol–water partition coefficient (Wildman–Crippen LogP) is 5.37. The molecule has 31 heavy (non-hydrogen) atoms. The van der Waals surface area contributed by atoms with Gasteiger partial charge in [-0.05, 0) is 49.7 Å². The van der Waals surface area contributed by atoms with Crippen molar-refractivity contribution in [3.63, 3.8) is 0 Å². The number of rotatable bonds is 7. The second-order valence-corrected chi connectivity index (χ2v) is 9.89. The lowest BCUT2D eigenvalue weighted by atomic mass is 10.1. The first-order valence-electron chi connectivity index (χ1n) is 9.56. The molecule has 1 amide bonds. The second-order valence-electron chi connectivity index (χ2n) is 7.15. The summed E-state index contributed by atoms with van der Waals surface area (Å²) in [7, 11) is -4.04. The zero-order valence-electron chi connectivity index (χ0n) is 17.0. The largest absolute Gasteiger partial charge is 0.348 e. The number of nitrogens with one attached hydrogen (secondary N) is 1. The van der Waals surface area contributed by atoms with Crippen LogP contribution in [0.1, 0.15) is 24.1 Å². The molecule has 0 heterocycles. The Hall–Kier alpha value is -2.54. The minimum Gasteiger partial charge on any atom is -0.348 e. The number of carbonyl (C=O) groups excluding carboxylic acids is 1. The van der Waals surface area contributed by atoms with E-state index in [9.17, 15) is 13.2 Å². The Morgan fingerprint density at radius 2 is 1.55 bits per heavy atom. The van der Waals surface area contributed by atoms with Crippen molar-refractivity contribution in [3.8, 4) is 0 Å². The molecule has 0 saturated carbocycles. The molecule has 0 aliphatic rings. The topological polar surface area (TPSA) is 66.5 Å². The maximum absolute atomic E-state index is 13.4. The molecular formula is C23H22Cl2N2O3S. The highest BCUT2D eigenvalue weighted by Crippen LogP contribution is 2.29. The van der Waals surface area contributed by atoms with Crippen molar-refractivity contribution < 1.29 is 13.2 Å². The summed E-state index contributed by atoms with van der Waals surface area (Å²) >= 11 is 12.2. The number of sulfonamides is 1. The van der Waals surface area contributed by atoms with Crippen LogP contribution in [0.4, 0.5) is 5.69 Å². The van der Waals surface area contributed by atoms with Gasteiger partial charge in [-0.1, -0.05) is 71.2 Å². The molecule has 0 bridgehead atoms. The zero-order valence-corrected chi connectivity index (χ0v) is 19.4. The van der Waals surface area contributed by atoms with Gasteiger partial charge in [-0.2, -0.15) is 0 Å². The average molecular weight is 477 g/mol. The molecule has 3 aromatic rings. The van der Waals surface area contributed by atoms with E-state index in [0.717, 1.165) is 15.4 Å². The summed E-state index contributed by atoms with van der Waals surface area (Å²) in [4.78, 5) is 12.9. The molecule has 0 aromatic heterocycles. The van der Waals surface area contributed by atoms with Crippen molar-refractivity contribution in [2.45, 2.75) is 24.8 Å². The smallest absolute Gasteiger partial charge is 0.264 e. The van der Waals surface area contributed by atoms with Crippen LogP contribution in [0, 0.1) is 6.92 Å². The van der Waals surface area contributed by atoms with Crippen LogP contribution in [-0.4, -0.2) is 20.9 Å². The third-order valence-corrected chi connectivity index (χ3v) is 6.93. The quantitative estimate of drug-likeness (QED) is 0.497. The summed E-state index contributed by atoms with van der Waals surface area (Å²) in [6, 6.07) is 20.0. The molecule has 0 aliphatic heterocycles. The molecule has 0 aliphatic carbocycles. The molecule has 0 spiro atoms. The van der Waals surface area contributed by atoms with Gasteiger partial charge in [0.1, 0.15) is 6.54 Å². The van der Waals surface area contributed by atoms with E-state index in [1.54, 1.807) is 12.1 Å². The van der Waals surface area contributed by atoms with E-state index >= 15 is 0 Å². The van der Waals surface area contributed by atoms with Gasteiger partial charge in [0.05, 0.1) is 16.6 Å². The lowest BCUT2D eigenvalue weighted by molar-refractivity contribution is -0.120. The van der Waals surface area contributed by atoms with Gasteiger partial charge in [-0.3, -0.25) is 9.10 Å². The molecule has 162 valence electrons. The summed E-state index contributed by atoms with van der Waals surface area (Å²) in [6.07, 6.45) is 0. The van der Waals surface area contributed by atoms with Crippen LogP contribution in [0.2, 0.25) is 10.0 Å². The fourth-order valence-electron chi connectivity index (χ4n) is 3.08. The van der Waals surface area contributed by atoms with Crippen molar-refractivity contribution in [3.05, 3.63) is 94.0 Å². The molecule has 0 unspecified atom stereocenters. The van der Waals surface area contributed by atoms with Crippen LogP contribution < -0.4 is 9.62 Å². The number of anilines is 1. The van der Waals surface area contributed by atoms with Crippen LogP contribution >= 0.6 is 23.2 Å². The highest BCUT2D eigenvalue weighted by Gasteiger charge is 2.28. The Bertz CT molecular complexity index is 1150. The highest BCUT2D eigenvalue weighted by atomic mass is 35.5. The van der Waals surface area contributed by atoms with Gasteiger partial charge in [-0.15, -0.1) is 0 Å². The molecule has 1 N–H and O–H groups in total. The van der Waals surface area contributed by atoms with Crippen LogP contribution in [0.5, 0.6) is 0 Å². The fourth-order valence-corrected chi connectivity index (χ4v) is 5.00. The molecule has 3 rings (SSSR count). The maximum atomic E-state index is 13.4. The number of hydrogen-bond donors (Lipinski definition) is 1. The summed E-state index contributed by atoms with van der Waals surface area (Å²) in [5.41, 5.74) is 2.04. The molecular weight excluding hydrogens is 455 g/mol. The predicted molar refractivity (Wildman–Crippen MR) is 125 cm³/mol. The van der Waals surface area contributed by atoms with Gasteiger partial charge in [0.15, 0.2) is 0 Å². The number of aryl methyl sites for hydroxylation is 1. The number of carbonyl (C=O) groups is 1. The van der Waals surface area contributed by atoms with Crippen LogP contribution in [-0.2, 0) is 14.8 Å². The molecule has 5 nitrogen and oxygen atoms in total. The van der Waals surface area contributed by atoms with Gasteiger partial charge in [0, 0.05) is 10.0 Å². The number of benzene rings is 3. The first-order chi connectivity index (χ1) is 14.7. The van der Waals surface area contributed by atoms with E-state index in [0.29, 0.717) is 0 Å². The molecule has 8 heteroatoms. The third kappa shape index (κ3) is 5.79.